The van der Waals surface area contributed by atoms with Gasteiger partial charge in [0.05, 0.1) is 0 Å². The van der Waals surface area contributed by atoms with Crippen LogP contribution in [0.3, 0.4) is 0 Å². The van der Waals surface area contributed by atoms with Crippen molar-refractivity contribution in [3.63, 3.8) is 0 Å². The van der Waals surface area contributed by atoms with E-state index in [-0.39, 0.29) is 59.1 Å². The van der Waals surface area contributed by atoms with Crippen LogP contribution in [0.2, 0.25) is 0 Å². The third kappa shape index (κ3) is 43.8. The van der Waals surface area contributed by atoms with Crippen LogP contribution in [0, 0.1) is 0 Å². The van der Waals surface area contributed by atoms with Crippen LogP contribution in [-0.2, 0) is 29.5 Å². The molecule has 15 heteroatoms. The van der Waals surface area contributed by atoms with Gasteiger partial charge in [0, 0.05) is 0 Å². The van der Waals surface area contributed by atoms with Crippen LogP contribution in [-0.4, -0.2) is 30.2 Å². The first-order chi connectivity index (χ1) is 5.94. The van der Waals surface area contributed by atoms with Crippen molar-refractivity contribution < 1.29 is 93.7 Å². The summed E-state index contributed by atoms with van der Waals surface area (Å²) in [5, 5.41) is 0. The maximum Gasteiger partial charge on any atom is 1.00 e. The minimum Gasteiger partial charge on any atom is -0.724 e. The second-order valence-electron chi connectivity index (χ2n) is 1.20. The summed E-state index contributed by atoms with van der Waals surface area (Å²) in [7, 11) is -10.6. The van der Waals surface area contributed by atoms with Crippen molar-refractivity contribution in [1.29, 1.82) is 0 Å². The van der Waals surface area contributed by atoms with Gasteiger partial charge in [0.2, 0.25) is 20.8 Å². The summed E-state index contributed by atoms with van der Waals surface area (Å²) >= 11 is 14.4. The van der Waals surface area contributed by atoms with E-state index < -0.39 is 25.1 Å². The Kier molecular flexibility index (Phi) is 21.3. The van der Waals surface area contributed by atoms with Gasteiger partial charge in [0.15, 0.2) is 4.30 Å². The largest absolute Gasteiger partial charge is 1.00 e. The average Bonchev–Trinajstić information content (AvgIpc) is 1.79. The average molecular weight is 357 g/mol. The first-order valence-corrected chi connectivity index (χ1v) is 6.13. The molecule has 0 unspecified atom stereocenters. The van der Waals surface area contributed by atoms with Crippen LogP contribution < -0.4 is 59.1 Å². The van der Waals surface area contributed by atoms with Crippen LogP contribution in [0.25, 0.3) is 0 Å². The van der Waals surface area contributed by atoms with E-state index in [1.54, 1.807) is 0 Å². The Morgan fingerprint density at radius 1 is 0.812 bits per heavy atom. The number of hydrogen-bond acceptors (Lipinski definition) is 8. The Balaban J connectivity index is -0.000000105. The van der Waals surface area contributed by atoms with E-state index in [0.717, 1.165) is 0 Å². The Bertz CT molecular complexity index is 302. The van der Waals surface area contributed by atoms with E-state index in [1.807, 2.05) is 0 Å². The maximum atomic E-state index is 9.37. The maximum absolute atomic E-state index is 9.37. The van der Waals surface area contributed by atoms with Gasteiger partial charge in [-0.25, -0.2) is 16.8 Å². The molecule has 0 atom stereocenters. The minimum absolute atomic E-state index is 0. The standard InChI is InChI=1S/CHCl3.2Na.H2O8S2/c2-1(3)4;;;1-9(2,3)7-8-10(4,5)6/h1H;;;(H,1,2,3)(H,4,5,6)/q;2*+1;/p-2. The van der Waals surface area contributed by atoms with Gasteiger partial charge >= 0.3 is 59.1 Å². The molecule has 0 aromatic heterocycles. The van der Waals surface area contributed by atoms with Crippen molar-refractivity contribution in [3.05, 3.63) is 0 Å². The number of hydrogen-bond donors (Lipinski definition) is 0. The molecular weight excluding hydrogens is 356 g/mol. The van der Waals surface area contributed by atoms with E-state index in [4.69, 9.17) is 34.8 Å². The molecule has 0 aromatic rings. The molecule has 0 bridgehead atoms. The molecule has 0 aliphatic carbocycles. The zero-order valence-electron chi connectivity index (χ0n) is 7.79. The van der Waals surface area contributed by atoms with E-state index >= 15 is 0 Å². The summed E-state index contributed by atoms with van der Waals surface area (Å²) in [5.41, 5.74) is 0. The minimum atomic E-state index is -5.31. The Labute approximate surface area is 151 Å². The first kappa shape index (κ1) is 27.0. The zero-order chi connectivity index (χ0) is 12.0. The van der Waals surface area contributed by atoms with Crippen LogP contribution in [0.4, 0.5) is 0 Å². The van der Waals surface area contributed by atoms with Gasteiger partial charge in [-0.3, -0.25) is 0 Å². The normalized spacial score (nSPS) is 10.6. The summed E-state index contributed by atoms with van der Waals surface area (Å²) in [6.45, 7) is 0. The molecule has 0 amide bonds. The van der Waals surface area contributed by atoms with Gasteiger partial charge in [-0.05, 0) is 0 Å². The van der Waals surface area contributed by atoms with Crippen LogP contribution in [0.1, 0.15) is 0 Å². The van der Waals surface area contributed by atoms with Gasteiger partial charge in [-0.1, -0.05) is 34.8 Å². The number of rotatable bonds is 3. The van der Waals surface area contributed by atoms with Crippen molar-refractivity contribution in [1.82, 2.24) is 0 Å². The molecular formula is CHCl3Na2O8S2. The van der Waals surface area contributed by atoms with Gasteiger partial charge in [-0.2, -0.15) is 0 Å². The Morgan fingerprint density at radius 3 is 1.00 bits per heavy atom. The predicted molar refractivity (Wildman–Crippen MR) is 42.9 cm³/mol. The summed E-state index contributed by atoms with van der Waals surface area (Å²) in [4.78, 5) is 0. The molecule has 16 heavy (non-hydrogen) atoms. The predicted octanol–water partition coefficient (Wildman–Crippen LogP) is -6.15. The van der Waals surface area contributed by atoms with Crippen LogP contribution in [0.15, 0.2) is 0 Å². The molecule has 88 valence electrons. The fraction of sp³-hybridized carbons (Fsp3) is 1.00. The molecule has 0 saturated carbocycles. The van der Waals surface area contributed by atoms with E-state index in [9.17, 15) is 25.9 Å². The SMILES string of the molecule is ClC(Cl)Cl.O=S(=O)([O-])OOS(=O)(=O)[O-].[Na+].[Na+]. The molecule has 0 N–H and O–H groups in total. The molecule has 0 aliphatic rings. The van der Waals surface area contributed by atoms with Crippen molar-refractivity contribution in [2.24, 2.45) is 0 Å². The van der Waals surface area contributed by atoms with Gasteiger partial charge in [0.25, 0.3) is 0 Å². The van der Waals surface area contributed by atoms with Crippen molar-refractivity contribution >= 4 is 55.6 Å². The second kappa shape index (κ2) is 12.6. The molecule has 0 rings (SSSR count). The molecule has 0 aromatic carbocycles. The fourth-order valence-electron chi connectivity index (χ4n) is 0.0680. The first-order valence-electron chi connectivity index (χ1n) is 2.15. The third-order valence-electron chi connectivity index (χ3n) is 0.194. The van der Waals surface area contributed by atoms with Gasteiger partial charge < -0.3 is 9.11 Å². The molecule has 0 fully saturated rings. The summed E-state index contributed by atoms with van der Waals surface area (Å²) in [5.74, 6) is 0. The second-order valence-corrected chi connectivity index (χ2v) is 5.08. The van der Waals surface area contributed by atoms with E-state index in [2.05, 4.69) is 8.67 Å². The third-order valence-corrected chi connectivity index (χ3v) is 0.750. The topological polar surface area (TPSA) is 133 Å². The quantitative estimate of drug-likeness (QED) is 0.122. The van der Waals surface area contributed by atoms with Crippen molar-refractivity contribution in [2.45, 2.75) is 4.30 Å². The molecule has 0 heterocycles. The van der Waals surface area contributed by atoms with Crippen LogP contribution in [0.5, 0.6) is 0 Å². The molecule has 8 nitrogen and oxygen atoms in total. The molecule has 0 aliphatic heterocycles. The molecule has 0 radical (unpaired) electrons. The zero-order valence-corrected chi connectivity index (χ0v) is 15.7. The van der Waals surface area contributed by atoms with E-state index in [0.29, 0.717) is 0 Å². The molecule has 0 saturated heterocycles. The van der Waals surface area contributed by atoms with Crippen molar-refractivity contribution in [2.75, 3.05) is 0 Å². The fourth-order valence-corrected chi connectivity index (χ4v) is 0.612. The van der Waals surface area contributed by atoms with Gasteiger partial charge in [-0.15, -0.1) is 8.67 Å². The van der Waals surface area contributed by atoms with Crippen LogP contribution >= 0.6 is 34.8 Å². The van der Waals surface area contributed by atoms with Gasteiger partial charge in [0.1, 0.15) is 0 Å². The monoisotopic (exact) mass is 356 g/mol. The van der Waals surface area contributed by atoms with Crippen molar-refractivity contribution in [3.8, 4) is 0 Å². The Morgan fingerprint density at radius 2 is 0.938 bits per heavy atom. The van der Waals surface area contributed by atoms with E-state index in [1.165, 1.54) is 0 Å². The summed E-state index contributed by atoms with van der Waals surface area (Å²) in [6.07, 6.45) is 0. The summed E-state index contributed by atoms with van der Waals surface area (Å²) in [6, 6.07) is 0. The number of halogens is 3. The number of alkyl halides is 3. The Hall–Kier alpha value is 2.61. The molecule has 0 spiro atoms. The smallest absolute Gasteiger partial charge is 0.724 e. The summed E-state index contributed by atoms with van der Waals surface area (Å²) < 4.78 is 60.7.